The number of carbonyl (C=O) groups is 2. The Labute approximate surface area is 228 Å². The zero-order valence-electron chi connectivity index (χ0n) is 19.9. The average molecular weight is 452 g/mol. The number of unbranched alkanes of at least 4 members (excludes halogenated alkanes) is 17. The van der Waals surface area contributed by atoms with Crippen molar-refractivity contribution in [3.63, 3.8) is 0 Å². The normalized spacial score (nSPS) is 11.8. The molecule has 0 saturated carbocycles. The second kappa shape index (κ2) is 25.8. The Kier molecular flexibility index (Phi) is 28.1. The van der Waals surface area contributed by atoms with Gasteiger partial charge in [0.1, 0.15) is 0 Å². The predicted octanol–water partition coefficient (Wildman–Crippen LogP) is 2.21. The molecule has 0 aliphatic rings. The molecule has 0 aliphatic carbocycles. The molecule has 2 N–H and O–H groups in total. The summed E-state index contributed by atoms with van der Waals surface area (Å²) in [6, 6.07) is -1.08. The van der Waals surface area contributed by atoms with E-state index in [1.807, 2.05) is 0 Å². The van der Waals surface area contributed by atoms with Crippen LogP contribution in [-0.4, -0.2) is 29.6 Å². The van der Waals surface area contributed by atoms with Crippen LogP contribution in [0.3, 0.4) is 0 Å². The van der Waals surface area contributed by atoms with Gasteiger partial charge < -0.3 is 20.3 Å². The molecule has 0 spiro atoms. The standard InChI is InChI=1S/C24H47NO4.K/c1-2-3-4-5-6-7-8-9-10-11-12-13-14-15-16-17-18-19-20-25-22(24(28)29)21-23(26)27;/h22,25H,2-21H2,1H3,(H,26,27)(H,28,29);/q;+1/p-1/t22-;/m0./s1. The van der Waals surface area contributed by atoms with E-state index in [2.05, 4.69) is 12.2 Å². The molecule has 6 heteroatoms. The predicted molar refractivity (Wildman–Crippen MR) is 118 cm³/mol. The van der Waals surface area contributed by atoms with E-state index >= 15 is 0 Å². The van der Waals surface area contributed by atoms with E-state index in [4.69, 9.17) is 5.11 Å². The van der Waals surface area contributed by atoms with Gasteiger partial charge in [0, 0.05) is 0 Å². The SMILES string of the molecule is CCCCCCCCCCCCCCCCCCCCN[C@@H](CC(=O)O)C(=O)[O-].[K+]. The van der Waals surface area contributed by atoms with Gasteiger partial charge >= 0.3 is 57.4 Å². The molecule has 0 unspecified atom stereocenters. The zero-order chi connectivity index (χ0) is 21.6. The molecular formula is C24H46KNO4. The quantitative estimate of drug-likeness (QED) is 0.184. The summed E-state index contributed by atoms with van der Waals surface area (Å²) in [6.45, 7) is 2.80. The van der Waals surface area contributed by atoms with Crippen LogP contribution in [-0.2, 0) is 9.59 Å². The van der Waals surface area contributed by atoms with Crippen molar-refractivity contribution >= 4 is 11.9 Å². The maximum atomic E-state index is 10.8. The van der Waals surface area contributed by atoms with Gasteiger partial charge in [0.05, 0.1) is 18.4 Å². The first-order valence-corrected chi connectivity index (χ1v) is 12.2. The van der Waals surface area contributed by atoms with Crippen molar-refractivity contribution in [2.45, 2.75) is 135 Å². The summed E-state index contributed by atoms with van der Waals surface area (Å²) in [5, 5.41) is 22.2. The van der Waals surface area contributed by atoms with E-state index < -0.39 is 24.4 Å². The molecular weight excluding hydrogens is 405 g/mol. The van der Waals surface area contributed by atoms with Gasteiger partial charge in [-0.15, -0.1) is 0 Å². The van der Waals surface area contributed by atoms with Gasteiger partial charge in [-0.2, -0.15) is 0 Å². The van der Waals surface area contributed by atoms with E-state index in [9.17, 15) is 14.7 Å². The Hall–Kier alpha value is 0.536. The van der Waals surface area contributed by atoms with Crippen molar-refractivity contribution in [3.05, 3.63) is 0 Å². The smallest absolute Gasteiger partial charge is 0.548 e. The molecule has 0 aromatic carbocycles. The molecule has 0 heterocycles. The van der Waals surface area contributed by atoms with Gasteiger partial charge in [0.2, 0.25) is 0 Å². The Morgan fingerprint density at radius 2 is 1.03 bits per heavy atom. The number of carboxylic acids is 2. The van der Waals surface area contributed by atoms with Crippen molar-refractivity contribution in [3.8, 4) is 0 Å². The number of aliphatic carboxylic acids is 2. The van der Waals surface area contributed by atoms with Crippen LogP contribution in [0.4, 0.5) is 0 Å². The maximum Gasteiger partial charge on any atom is 1.00 e. The van der Waals surface area contributed by atoms with Crippen molar-refractivity contribution in [1.82, 2.24) is 5.32 Å². The number of hydrogen-bond acceptors (Lipinski definition) is 4. The molecule has 0 fully saturated rings. The third-order valence-corrected chi connectivity index (χ3v) is 5.58. The van der Waals surface area contributed by atoms with Crippen molar-refractivity contribution in [2.75, 3.05) is 6.54 Å². The van der Waals surface area contributed by atoms with Crippen molar-refractivity contribution < 1.29 is 71.2 Å². The fourth-order valence-corrected chi connectivity index (χ4v) is 3.72. The summed E-state index contributed by atoms with van der Waals surface area (Å²) >= 11 is 0. The number of hydrogen-bond donors (Lipinski definition) is 2. The van der Waals surface area contributed by atoms with Crippen LogP contribution in [0.15, 0.2) is 0 Å². The molecule has 0 aromatic rings. The fourth-order valence-electron chi connectivity index (χ4n) is 3.72. The molecule has 0 saturated heterocycles. The molecule has 172 valence electrons. The minimum absolute atomic E-state index is 0. The first-order valence-electron chi connectivity index (χ1n) is 12.2. The first kappa shape index (κ1) is 32.7. The van der Waals surface area contributed by atoms with E-state index in [1.54, 1.807) is 0 Å². The third kappa shape index (κ3) is 24.8. The van der Waals surface area contributed by atoms with E-state index in [0.717, 1.165) is 19.3 Å². The summed E-state index contributed by atoms with van der Waals surface area (Å²) in [4.78, 5) is 21.4. The largest absolute Gasteiger partial charge is 1.00 e. The summed E-state index contributed by atoms with van der Waals surface area (Å²) in [5.74, 6) is -2.46. The number of carboxylic acid groups (broad SMARTS) is 2. The molecule has 0 aromatic heterocycles. The second-order valence-electron chi connectivity index (χ2n) is 8.43. The Morgan fingerprint density at radius 3 is 1.33 bits per heavy atom. The second-order valence-corrected chi connectivity index (χ2v) is 8.43. The van der Waals surface area contributed by atoms with Gasteiger partial charge in [-0.3, -0.25) is 4.79 Å². The molecule has 0 radical (unpaired) electrons. The Morgan fingerprint density at radius 1 is 0.700 bits per heavy atom. The summed E-state index contributed by atoms with van der Waals surface area (Å²) in [5.41, 5.74) is 0. The van der Waals surface area contributed by atoms with Crippen LogP contribution < -0.4 is 61.8 Å². The van der Waals surface area contributed by atoms with Crippen LogP contribution in [0.2, 0.25) is 0 Å². The van der Waals surface area contributed by atoms with Crippen molar-refractivity contribution in [1.29, 1.82) is 0 Å². The molecule has 30 heavy (non-hydrogen) atoms. The van der Waals surface area contributed by atoms with Crippen LogP contribution in [0.1, 0.15) is 129 Å². The van der Waals surface area contributed by atoms with E-state index in [0.29, 0.717) is 6.54 Å². The average Bonchev–Trinajstić information content (AvgIpc) is 2.68. The van der Waals surface area contributed by atoms with E-state index in [1.165, 1.54) is 96.3 Å². The summed E-state index contributed by atoms with van der Waals surface area (Å²) < 4.78 is 0. The van der Waals surface area contributed by atoms with Gasteiger partial charge in [0.15, 0.2) is 0 Å². The molecule has 0 aliphatic heterocycles. The third-order valence-electron chi connectivity index (χ3n) is 5.58. The zero-order valence-corrected chi connectivity index (χ0v) is 23.0. The van der Waals surface area contributed by atoms with Crippen LogP contribution in [0.5, 0.6) is 0 Å². The minimum Gasteiger partial charge on any atom is -0.548 e. The van der Waals surface area contributed by atoms with Gasteiger partial charge in [0.25, 0.3) is 0 Å². The topological polar surface area (TPSA) is 89.5 Å². The molecule has 0 bridgehead atoms. The van der Waals surface area contributed by atoms with Gasteiger partial charge in [-0.05, 0) is 13.0 Å². The summed E-state index contributed by atoms with van der Waals surface area (Å²) in [6.07, 6.45) is 23.3. The molecule has 5 nitrogen and oxygen atoms in total. The van der Waals surface area contributed by atoms with Crippen molar-refractivity contribution in [2.24, 2.45) is 0 Å². The van der Waals surface area contributed by atoms with Gasteiger partial charge in [-0.1, -0.05) is 116 Å². The molecule has 0 rings (SSSR count). The number of carbonyl (C=O) groups excluding carboxylic acids is 1. The minimum atomic E-state index is -1.34. The molecule has 1 atom stereocenters. The maximum absolute atomic E-state index is 10.8. The number of rotatable bonds is 23. The first-order chi connectivity index (χ1) is 14.1. The Balaban J connectivity index is 0. The van der Waals surface area contributed by atoms with E-state index in [-0.39, 0.29) is 51.4 Å². The van der Waals surface area contributed by atoms with Crippen LogP contribution in [0.25, 0.3) is 0 Å². The molecule has 0 amide bonds. The number of nitrogens with one attached hydrogen (secondary N) is 1. The fraction of sp³-hybridized carbons (Fsp3) is 0.917. The van der Waals surface area contributed by atoms with Gasteiger partial charge in [-0.25, -0.2) is 0 Å². The Bertz CT molecular complexity index is 393. The monoisotopic (exact) mass is 451 g/mol. The summed E-state index contributed by atoms with van der Waals surface area (Å²) in [7, 11) is 0. The van der Waals surface area contributed by atoms with Crippen LogP contribution in [0, 0.1) is 0 Å². The van der Waals surface area contributed by atoms with Crippen LogP contribution >= 0.6 is 0 Å².